The van der Waals surface area contributed by atoms with Gasteiger partial charge in [0.05, 0.1) is 24.9 Å². The first-order valence-electron chi connectivity index (χ1n) is 12.3. The Kier molecular flexibility index (Phi) is 7.54. The molecule has 3 heterocycles. The Morgan fingerprint density at radius 2 is 1.48 bits per heavy atom. The van der Waals surface area contributed by atoms with Gasteiger partial charge in [-0.1, -0.05) is 66.7 Å². The number of benzene rings is 2. The first-order valence-corrected chi connectivity index (χ1v) is 12.3. The molecule has 0 spiro atoms. The summed E-state index contributed by atoms with van der Waals surface area (Å²) < 4.78 is 10.9. The van der Waals surface area contributed by atoms with E-state index in [0.717, 1.165) is 11.1 Å². The second-order valence-electron chi connectivity index (χ2n) is 8.86. The van der Waals surface area contributed by atoms with Crippen LogP contribution in [-0.2, 0) is 20.7 Å². The molecule has 1 unspecified atom stereocenters. The molecule has 2 aromatic carbocycles. The minimum atomic E-state index is -0.850. The van der Waals surface area contributed by atoms with E-state index in [1.807, 2.05) is 60.7 Å². The highest BCUT2D eigenvalue weighted by molar-refractivity contribution is 5.87. The zero-order valence-corrected chi connectivity index (χ0v) is 21.5. The van der Waals surface area contributed by atoms with Gasteiger partial charge in [0.25, 0.3) is 0 Å². The minimum Gasteiger partial charge on any atom is -0.464 e. The van der Waals surface area contributed by atoms with Crippen molar-refractivity contribution in [3.8, 4) is 0 Å². The van der Waals surface area contributed by atoms with Crippen LogP contribution >= 0.6 is 0 Å². The van der Waals surface area contributed by atoms with Crippen LogP contribution in [0, 0.1) is 0 Å². The Labute approximate surface area is 229 Å². The molecule has 0 fully saturated rings. The van der Waals surface area contributed by atoms with E-state index in [1.165, 1.54) is 25.6 Å². The van der Waals surface area contributed by atoms with E-state index >= 15 is 0 Å². The molecule has 0 bridgehead atoms. The van der Waals surface area contributed by atoms with Gasteiger partial charge in [0.1, 0.15) is 5.69 Å². The summed E-state index contributed by atoms with van der Waals surface area (Å²) in [5.74, 6) is -1.90. The summed E-state index contributed by atoms with van der Waals surface area (Å²) in [6.45, 7) is 0. The van der Waals surface area contributed by atoms with Gasteiger partial charge in [-0.05, 0) is 22.8 Å². The average Bonchev–Trinajstić information content (AvgIpc) is 2.99. The molecular formula is C29H25N7O4. The monoisotopic (exact) mass is 535 g/mol. The molecule has 0 radical (unpaired) electrons. The number of methoxy groups -OCH3 is 1. The Morgan fingerprint density at radius 3 is 2.08 bits per heavy atom. The maximum atomic E-state index is 13.9. The molecule has 11 heteroatoms. The van der Waals surface area contributed by atoms with E-state index in [1.54, 1.807) is 6.07 Å². The molecule has 0 amide bonds. The van der Waals surface area contributed by atoms with Crippen molar-refractivity contribution in [1.29, 1.82) is 0 Å². The zero-order valence-electron chi connectivity index (χ0n) is 21.5. The number of rotatable bonds is 8. The van der Waals surface area contributed by atoms with Crippen molar-refractivity contribution in [3.63, 3.8) is 0 Å². The molecular weight excluding hydrogens is 510 g/mol. The SMILES string of the molecule is COC(=O)c1ccc(C(Cc2cnc3nc(N)nc(N)c3n2)C(=O)OC(c2ccccc2)c2ccccc2)cn1. The lowest BCUT2D eigenvalue weighted by Gasteiger charge is -2.23. The number of aromatic nitrogens is 5. The lowest BCUT2D eigenvalue weighted by Crippen LogP contribution is -2.22. The molecule has 5 aromatic rings. The summed E-state index contributed by atoms with van der Waals surface area (Å²) >= 11 is 0. The summed E-state index contributed by atoms with van der Waals surface area (Å²) in [4.78, 5) is 46.9. The molecule has 0 aliphatic rings. The topological polar surface area (TPSA) is 169 Å². The first-order chi connectivity index (χ1) is 19.4. The quantitative estimate of drug-likeness (QED) is 0.279. The fourth-order valence-electron chi connectivity index (χ4n) is 4.25. The van der Waals surface area contributed by atoms with Crippen molar-refractivity contribution in [2.45, 2.75) is 18.4 Å². The van der Waals surface area contributed by atoms with Crippen LogP contribution in [0.2, 0.25) is 0 Å². The van der Waals surface area contributed by atoms with Crippen LogP contribution in [-0.4, -0.2) is 44.0 Å². The second-order valence-corrected chi connectivity index (χ2v) is 8.86. The Bertz CT molecular complexity index is 1610. The number of esters is 2. The highest BCUT2D eigenvalue weighted by atomic mass is 16.5. The van der Waals surface area contributed by atoms with Gasteiger partial charge in [-0.2, -0.15) is 9.97 Å². The largest absolute Gasteiger partial charge is 0.464 e. The number of fused-ring (bicyclic) bond motifs is 1. The number of carbonyl (C=O) groups is 2. The molecule has 11 nitrogen and oxygen atoms in total. The Balaban J connectivity index is 1.52. The van der Waals surface area contributed by atoms with Crippen LogP contribution in [0.1, 0.15) is 44.9 Å². The summed E-state index contributed by atoms with van der Waals surface area (Å²) in [6, 6.07) is 22.1. The van der Waals surface area contributed by atoms with E-state index in [4.69, 9.17) is 20.9 Å². The van der Waals surface area contributed by atoms with Crippen LogP contribution in [0.3, 0.4) is 0 Å². The van der Waals surface area contributed by atoms with Gasteiger partial charge in [-0.3, -0.25) is 4.79 Å². The predicted molar refractivity (Wildman–Crippen MR) is 147 cm³/mol. The molecule has 200 valence electrons. The van der Waals surface area contributed by atoms with Gasteiger partial charge in [0, 0.05) is 12.6 Å². The summed E-state index contributed by atoms with van der Waals surface area (Å²) in [5.41, 5.74) is 14.9. The number of ether oxygens (including phenoxy) is 2. The fraction of sp³-hybridized carbons (Fsp3) is 0.138. The van der Waals surface area contributed by atoms with E-state index in [0.29, 0.717) is 11.3 Å². The Morgan fingerprint density at radius 1 is 0.800 bits per heavy atom. The van der Waals surface area contributed by atoms with Crippen LogP contribution < -0.4 is 11.5 Å². The highest BCUT2D eigenvalue weighted by Gasteiger charge is 2.29. The maximum absolute atomic E-state index is 13.9. The number of carbonyl (C=O) groups excluding carboxylic acids is 2. The number of nitrogens with two attached hydrogens (primary N) is 2. The molecule has 0 aliphatic heterocycles. The zero-order chi connectivity index (χ0) is 28.1. The number of nitrogens with zero attached hydrogens (tertiary/aromatic N) is 5. The van der Waals surface area contributed by atoms with Crippen molar-refractivity contribution in [2.24, 2.45) is 0 Å². The smallest absolute Gasteiger partial charge is 0.356 e. The summed E-state index contributed by atoms with van der Waals surface area (Å²) in [7, 11) is 1.27. The van der Waals surface area contributed by atoms with Crippen molar-refractivity contribution in [1.82, 2.24) is 24.9 Å². The third-order valence-electron chi connectivity index (χ3n) is 6.22. The fourth-order valence-corrected chi connectivity index (χ4v) is 4.25. The van der Waals surface area contributed by atoms with Gasteiger partial charge in [0.2, 0.25) is 5.95 Å². The lowest BCUT2D eigenvalue weighted by atomic mass is 9.94. The second kappa shape index (κ2) is 11.5. The van der Waals surface area contributed by atoms with Gasteiger partial charge < -0.3 is 20.9 Å². The Hall–Kier alpha value is -5.45. The number of hydrogen-bond acceptors (Lipinski definition) is 11. The van der Waals surface area contributed by atoms with Crippen LogP contribution in [0.4, 0.5) is 11.8 Å². The number of anilines is 2. The molecule has 4 N–H and O–H groups in total. The van der Waals surface area contributed by atoms with E-state index in [-0.39, 0.29) is 35.0 Å². The van der Waals surface area contributed by atoms with Crippen molar-refractivity contribution in [3.05, 3.63) is 113 Å². The minimum absolute atomic E-state index is 0.0156. The summed E-state index contributed by atoms with van der Waals surface area (Å²) in [5, 5.41) is 0. The lowest BCUT2D eigenvalue weighted by molar-refractivity contribution is -0.149. The van der Waals surface area contributed by atoms with Crippen LogP contribution in [0.5, 0.6) is 0 Å². The molecule has 3 aromatic heterocycles. The number of hydrogen-bond donors (Lipinski definition) is 2. The first kappa shape index (κ1) is 26.2. The highest BCUT2D eigenvalue weighted by Crippen LogP contribution is 2.30. The number of nitrogen functional groups attached to an aromatic ring is 2. The average molecular weight is 536 g/mol. The third kappa shape index (κ3) is 5.68. The molecule has 0 saturated carbocycles. The molecule has 40 heavy (non-hydrogen) atoms. The van der Waals surface area contributed by atoms with E-state index in [2.05, 4.69) is 24.9 Å². The standard InChI is InChI=1S/C29H25N7O4/c1-39-28(38)22-13-12-19(15-32-22)21(14-20-16-33-26-23(34-20)25(30)35-29(31)36-26)27(37)40-24(17-8-4-2-5-9-17)18-10-6-3-7-11-18/h2-13,15-16,21,24H,14H2,1H3,(H4,30,31,33,35,36). The van der Waals surface area contributed by atoms with Gasteiger partial charge >= 0.3 is 11.9 Å². The van der Waals surface area contributed by atoms with Crippen molar-refractivity contribution < 1.29 is 19.1 Å². The van der Waals surface area contributed by atoms with Crippen LogP contribution in [0.25, 0.3) is 11.2 Å². The third-order valence-corrected chi connectivity index (χ3v) is 6.22. The predicted octanol–water partition coefficient (Wildman–Crippen LogP) is 3.42. The van der Waals surface area contributed by atoms with Gasteiger partial charge in [0.15, 0.2) is 23.1 Å². The molecule has 1 atom stereocenters. The van der Waals surface area contributed by atoms with E-state index < -0.39 is 24.0 Å². The van der Waals surface area contributed by atoms with Crippen molar-refractivity contribution in [2.75, 3.05) is 18.6 Å². The molecule has 5 rings (SSSR count). The van der Waals surface area contributed by atoms with Crippen LogP contribution in [0.15, 0.2) is 85.2 Å². The molecule has 0 saturated heterocycles. The molecule has 0 aliphatic carbocycles. The van der Waals surface area contributed by atoms with E-state index in [9.17, 15) is 9.59 Å². The van der Waals surface area contributed by atoms with Gasteiger partial charge in [-0.25, -0.2) is 19.7 Å². The normalized spacial score (nSPS) is 11.8. The van der Waals surface area contributed by atoms with Crippen molar-refractivity contribution >= 4 is 34.9 Å². The summed E-state index contributed by atoms with van der Waals surface area (Å²) in [6.07, 6.45) is 2.39. The number of pyridine rings is 1. The maximum Gasteiger partial charge on any atom is 0.356 e. The van der Waals surface area contributed by atoms with Gasteiger partial charge in [-0.15, -0.1) is 0 Å².